The maximum atomic E-state index is 12.7. The predicted octanol–water partition coefficient (Wildman–Crippen LogP) is 3.59. The lowest BCUT2D eigenvalue weighted by Gasteiger charge is -2.14. The van der Waals surface area contributed by atoms with Crippen LogP contribution >= 0.6 is 0 Å². The van der Waals surface area contributed by atoms with Crippen molar-refractivity contribution in [3.8, 4) is 5.75 Å². The fourth-order valence-electron chi connectivity index (χ4n) is 3.79. The van der Waals surface area contributed by atoms with Crippen LogP contribution in [0.3, 0.4) is 0 Å². The Kier molecular flexibility index (Phi) is 5.28. The SMILES string of the molecule is COc1ccc2cc([C@@H](C)C(=O)NCc3nnc4n3CCCCC4)ccc2c1. The minimum absolute atomic E-state index is 0.00108. The van der Waals surface area contributed by atoms with Gasteiger partial charge in [-0.2, -0.15) is 0 Å². The van der Waals surface area contributed by atoms with Crippen molar-refractivity contribution in [3.05, 3.63) is 53.6 Å². The molecule has 0 fully saturated rings. The molecule has 1 aliphatic heterocycles. The molecule has 2 aromatic carbocycles. The molecule has 1 aromatic heterocycles. The maximum absolute atomic E-state index is 12.7. The summed E-state index contributed by atoms with van der Waals surface area (Å²) in [5.41, 5.74) is 0.996. The summed E-state index contributed by atoms with van der Waals surface area (Å²) in [7, 11) is 1.66. The highest BCUT2D eigenvalue weighted by molar-refractivity contribution is 5.88. The number of fused-ring (bicyclic) bond motifs is 2. The fourth-order valence-corrected chi connectivity index (χ4v) is 3.79. The first kappa shape index (κ1) is 18.5. The highest BCUT2D eigenvalue weighted by atomic mass is 16.5. The van der Waals surface area contributed by atoms with Crippen LogP contribution in [-0.4, -0.2) is 27.8 Å². The molecule has 1 atom stereocenters. The Morgan fingerprint density at radius 3 is 2.82 bits per heavy atom. The number of nitrogens with one attached hydrogen (secondary N) is 1. The molecular weight excluding hydrogens is 352 g/mol. The maximum Gasteiger partial charge on any atom is 0.227 e. The van der Waals surface area contributed by atoms with E-state index in [1.165, 1.54) is 6.42 Å². The van der Waals surface area contributed by atoms with Gasteiger partial charge in [0.25, 0.3) is 0 Å². The molecular formula is C22H26N4O2. The number of carbonyl (C=O) groups is 1. The summed E-state index contributed by atoms with van der Waals surface area (Å²) in [5, 5.41) is 13.8. The van der Waals surface area contributed by atoms with Crippen molar-refractivity contribution >= 4 is 16.7 Å². The second-order valence-electron chi connectivity index (χ2n) is 7.41. The summed E-state index contributed by atoms with van der Waals surface area (Å²) in [5.74, 6) is 2.48. The van der Waals surface area contributed by atoms with Crippen molar-refractivity contribution < 1.29 is 9.53 Å². The third-order valence-corrected chi connectivity index (χ3v) is 5.57. The van der Waals surface area contributed by atoms with Crippen LogP contribution < -0.4 is 10.1 Å². The quantitative estimate of drug-likeness (QED) is 0.737. The van der Waals surface area contributed by atoms with Crippen LogP contribution in [0.15, 0.2) is 36.4 Å². The molecule has 6 heteroatoms. The molecule has 0 unspecified atom stereocenters. The Morgan fingerprint density at radius 2 is 1.96 bits per heavy atom. The van der Waals surface area contributed by atoms with Crippen molar-refractivity contribution in [2.24, 2.45) is 0 Å². The van der Waals surface area contributed by atoms with Gasteiger partial charge in [0.15, 0.2) is 5.82 Å². The molecule has 1 amide bonds. The highest BCUT2D eigenvalue weighted by Gasteiger charge is 2.18. The Bertz CT molecular complexity index is 995. The molecule has 6 nitrogen and oxygen atoms in total. The number of carbonyl (C=O) groups excluding carboxylic acids is 1. The summed E-state index contributed by atoms with van der Waals surface area (Å²) in [6.07, 6.45) is 4.50. The second-order valence-corrected chi connectivity index (χ2v) is 7.41. The second kappa shape index (κ2) is 8.00. The Morgan fingerprint density at radius 1 is 1.14 bits per heavy atom. The van der Waals surface area contributed by atoms with Gasteiger partial charge in [-0.05, 0) is 48.2 Å². The minimum Gasteiger partial charge on any atom is -0.497 e. The van der Waals surface area contributed by atoms with Gasteiger partial charge in [-0.25, -0.2) is 0 Å². The van der Waals surface area contributed by atoms with Crippen LogP contribution in [0, 0.1) is 0 Å². The summed E-state index contributed by atoms with van der Waals surface area (Å²) in [4.78, 5) is 12.7. The Hall–Kier alpha value is -2.89. The normalized spacial score (nSPS) is 14.9. The summed E-state index contributed by atoms with van der Waals surface area (Å²) in [6.45, 7) is 3.29. The number of methoxy groups -OCH3 is 1. The molecule has 0 spiro atoms. The standard InChI is InChI=1S/C22H26N4O2/c1-15(16-7-8-18-13-19(28-2)10-9-17(18)12-16)22(27)23-14-21-25-24-20-6-4-3-5-11-26(20)21/h7-10,12-13,15H,3-6,11,14H2,1-2H3,(H,23,27)/t15-/m1/s1. The van der Waals surface area contributed by atoms with Crippen LogP contribution in [0.5, 0.6) is 5.75 Å². The Labute approximate surface area is 164 Å². The summed E-state index contributed by atoms with van der Waals surface area (Å²) >= 11 is 0. The van der Waals surface area contributed by atoms with Crippen molar-refractivity contribution in [1.82, 2.24) is 20.1 Å². The van der Waals surface area contributed by atoms with Crippen LogP contribution in [0.4, 0.5) is 0 Å². The molecule has 0 aliphatic carbocycles. The lowest BCUT2D eigenvalue weighted by Crippen LogP contribution is -2.29. The molecule has 0 saturated heterocycles. The van der Waals surface area contributed by atoms with E-state index in [1.807, 2.05) is 37.3 Å². The molecule has 0 radical (unpaired) electrons. The number of amides is 1. The van der Waals surface area contributed by atoms with Gasteiger partial charge in [0.2, 0.25) is 5.91 Å². The first-order valence-corrected chi connectivity index (χ1v) is 9.92. The molecule has 146 valence electrons. The van der Waals surface area contributed by atoms with Gasteiger partial charge in [0.05, 0.1) is 19.6 Å². The van der Waals surface area contributed by atoms with Crippen LogP contribution in [0.1, 0.15) is 49.3 Å². The van der Waals surface area contributed by atoms with Gasteiger partial charge in [0, 0.05) is 13.0 Å². The van der Waals surface area contributed by atoms with E-state index in [1.54, 1.807) is 7.11 Å². The molecule has 28 heavy (non-hydrogen) atoms. The monoisotopic (exact) mass is 378 g/mol. The Balaban J connectivity index is 1.45. The molecule has 0 bridgehead atoms. The molecule has 2 heterocycles. The number of benzene rings is 2. The number of nitrogens with zero attached hydrogens (tertiary/aromatic N) is 3. The minimum atomic E-state index is -0.238. The largest absolute Gasteiger partial charge is 0.497 e. The highest BCUT2D eigenvalue weighted by Crippen LogP contribution is 2.25. The van der Waals surface area contributed by atoms with Gasteiger partial charge in [0.1, 0.15) is 11.6 Å². The zero-order valence-corrected chi connectivity index (χ0v) is 16.4. The van der Waals surface area contributed by atoms with Gasteiger partial charge >= 0.3 is 0 Å². The van der Waals surface area contributed by atoms with Crippen LogP contribution in [0.25, 0.3) is 10.8 Å². The average molecular weight is 378 g/mol. The van der Waals surface area contributed by atoms with E-state index in [9.17, 15) is 4.79 Å². The van der Waals surface area contributed by atoms with E-state index >= 15 is 0 Å². The van der Waals surface area contributed by atoms with Gasteiger partial charge in [-0.1, -0.05) is 30.7 Å². The number of aromatic nitrogens is 3. The lowest BCUT2D eigenvalue weighted by atomic mass is 9.97. The fraction of sp³-hybridized carbons (Fsp3) is 0.409. The number of ether oxygens (including phenoxy) is 1. The van der Waals surface area contributed by atoms with Gasteiger partial charge < -0.3 is 14.6 Å². The third-order valence-electron chi connectivity index (χ3n) is 5.57. The molecule has 1 aliphatic rings. The van der Waals surface area contributed by atoms with E-state index < -0.39 is 0 Å². The predicted molar refractivity (Wildman–Crippen MR) is 108 cm³/mol. The van der Waals surface area contributed by atoms with E-state index in [0.29, 0.717) is 6.54 Å². The van der Waals surface area contributed by atoms with Gasteiger partial charge in [-0.3, -0.25) is 4.79 Å². The molecule has 3 aromatic rings. The van der Waals surface area contributed by atoms with Crippen LogP contribution in [0.2, 0.25) is 0 Å². The van der Waals surface area contributed by atoms with Crippen molar-refractivity contribution in [3.63, 3.8) is 0 Å². The zero-order valence-electron chi connectivity index (χ0n) is 16.4. The van der Waals surface area contributed by atoms with Gasteiger partial charge in [-0.15, -0.1) is 10.2 Å². The zero-order chi connectivity index (χ0) is 19.5. The summed E-state index contributed by atoms with van der Waals surface area (Å²) in [6, 6.07) is 12.1. The van der Waals surface area contributed by atoms with Crippen molar-refractivity contribution in [2.45, 2.75) is 51.6 Å². The molecule has 4 rings (SSSR count). The van der Waals surface area contributed by atoms with Crippen molar-refractivity contribution in [1.29, 1.82) is 0 Å². The lowest BCUT2D eigenvalue weighted by molar-refractivity contribution is -0.122. The molecule has 1 N–H and O–H groups in total. The molecule has 0 saturated carbocycles. The first-order chi connectivity index (χ1) is 13.7. The van der Waals surface area contributed by atoms with E-state index in [2.05, 4.69) is 26.1 Å². The number of hydrogen-bond acceptors (Lipinski definition) is 4. The number of hydrogen-bond donors (Lipinski definition) is 1. The van der Waals surface area contributed by atoms with E-state index in [0.717, 1.165) is 59.5 Å². The smallest absolute Gasteiger partial charge is 0.227 e. The average Bonchev–Trinajstić information content (AvgIpc) is 2.96. The van der Waals surface area contributed by atoms with Crippen LogP contribution in [-0.2, 0) is 24.3 Å². The van der Waals surface area contributed by atoms with Crippen molar-refractivity contribution in [2.75, 3.05) is 7.11 Å². The summed E-state index contributed by atoms with van der Waals surface area (Å²) < 4.78 is 7.44. The number of aryl methyl sites for hydroxylation is 1. The number of rotatable bonds is 5. The first-order valence-electron chi connectivity index (χ1n) is 9.92. The van der Waals surface area contributed by atoms with E-state index in [-0.39, 0.29) is 11.8 Å². The third kappa shape index (κ3) is 3.72. The topological polar surface area (TPSA) is 69.0 Å². The van der Waals surface area contributed by atoms with E-state index in [4.69, 9.17) is 4.74 Å².